The minimum Gasteiger partial charge on any atom is -0.467 e. The summed E-state index contributed by atoms with van der Waals surface area (Å²) in [6.45, 7) is 7.16. The molecule has 1 amide bonds. The highest BCUT2D eigenvalue weighted by molar-refractivity contribution is 7.89. The van der Waals surface area contributed by atoms with E-state index in [1.807, 2.05) is 6.92 Å². The van der Waals surface area contributed by atoms with Gasteiger partial charge >= 0.3 is 5.97 Å². The molecule has 0 spiro atoms. The van der Waals surface area contributed by atoms with Crippen molar-refractivity contribution in [3.8, 4) is 0 Å². The average molecular weight is 397 g/mol. The lowest BCUT2D eigenvalue weighted by Gasteiger charge is -2.32. The Labute approximate surface area is 161 Å². The second kappa shape index (κ2) is 7.98. The summed E-state index contributed by atoms with van der Waals surface area (Å²) in [4.78, 5) is 24.6. The maximum absolute atomic E-state index is 13.0. The minimum absolute atomic E-state index is 0.0689. The second-order valence-electron chi connectivity index (χ2n) is 7.51. The Balaban J connectivity index is 2.35. The number of ether oxygens (including phenoxy) is 1. The summed E-state index contributed by atoms with van der Waals surface area (Å²) in [7, 11) is -2.44. The van der Waals surface area contributed by atoms with Crippen LogP contribution in [0.2, 0.25) is 0 Å². The smallest absolute Gasteiger partial charge is 0.330 e. The first-order valence-corrected chi connectivity index (χ1v) is 10.5. The van der Waals surface area contributed by atoms with E-state index >= 15 is 0 Å². The molecule has 0 aliphatic carbocycles. The number of hydrogen-bond acceptors (Lipinski definition) is 5. The fourth-order valence-corrected chi connectivity index (χ4v) is 4.95. The molecule has 1 saturated heterocycles. The molecule has 1 aliphatic rings. The van der Waals surface area contributed by atoms with Gasteiger partial charge in [-0.3, -0.25) is 4.79 Å². The summed E-state index contributed by atoms with van der Waals surface area (Å²) in [6, 6.07) is 4.45. The molecule has 150 valence electrons. The van der Waals surface area contributed by atoms with Crippen LogP contribution in [-0.2, 0) is 19.6 Å². The number of methoxy groups -OCH3 is 1. The van der Waals surface area contributed by atoms with Crippen molar-refractivity contribution in [2.75, 3.05) is 13.7 Å². The number of hydrogen-bond donors (Lipinski definition) is 1. The third-order valence-corrected chi connectivity index (χ3v) is 6.93. The fourth-order valence-electron chi connectivity index (χ4n) is 3.23. The van der Waals surface area contributed by atoms with Crippen molar-refractivity contribution in [1.82, 2.24) is 9.62 Å². The molecular weight excluding hydrogens is 368 g/mol. The van der Waals surface area contributed by atoms with Crippen LogP contribution in [0.5, 0.6) is 0 Å². The SMILES string of the molecule is COC(=O)C(C)(C)NC(=O)c1cc(S(=O)(=O)N2CCCCC2C)ccc1C. The van der Waals surface area contributed by atoms with Crippen molar-refractivity contribution in [2.45, 2.75) is 63.4 Å². The molecule has 1 aliphatic heterocycles. The molecule has 1 fully saturated rings. The zero-order valence-electron chi connectivity index (χ0n) is 16.5. The van der Waals surface area contributed by atoms with Crippen LogP contribution < -0.4 is 5.32 Å². The third kappa shape index (κ3) is 4.50. The average Bonchev–Trinajstić information content (AvgIpc) is 2.60. The van der Waals surface area contributed by atoms with Crippen molar-refractivity contribution >= 4 is 21.9 Å². The quantitative estimate of drug-likeness (QED) is 0.771. The van der Waals surface area contributed by atoms with Crippen molar-refractivity contribution in [3.05, 3.63) is 29.3 Å². The van der Waals surface area contributed by atoms with Crippen LogP contribution >= 0.6 is 0 Å². The van der Waals surface area contributed by atoms with Gasteiger partial charge in [0.05, 0.1) is 12.0 Å². The first-order valence-electron chi connectivity index (χ1n) is 9.04. The summed E-state index contributed by atoms with van der Waals surface area (Å²) in [5.41, 5.74) is -0.384. The van der Waals surface area contributed by atoms with Gasteiger partial charge in [-0.1, -0.05) is 12.5 Å². The number of piperidine rings is 1. The lowest BCUT2D eigenvalue weighted by molar-refractivity contribution is -0.146. The molecule has 1 heterocycles. The number of carbonyl (C=O) groups is 2. The number of nitrogens with one attached hydrogen (secondary N) is 1. The highest BCUT2D eigenvalue weighted by Crippen LogP contribution is 2.26. The Morgan fingerprint density at radius 3 is 2.52 bits per heavy atom. The number of aryl methyl sites for hydroxylation is 1. The van der Waals surface area contributed by atoms with E-state index in [1.54, 1.807) is 13.0 Å². The lowest BCUT2D eigenvalue weighted by Crippen LogP contribution is -2.50. The van der Waals surface area contributed by atoms with Crippen LogP contribution in [-0.4, -0.2) is 49.8 Å². The maximum Gasteiger partial charge on any atom is 0.330 e. The summed E-state index contributed by atoms with van der Waals surface area (Å²) < 4.78 is 32.3. The van der Waals surface area contributed by atoms with E-state index in [0.717, 1.165) is 19.3 Å². The summed E-state index contributed by atoms with van der Waals surface area (Å²) >= 11 is 0. The standard InChI is InChI=1S/C19H28N2O5S/c1-13-9-10-15(27(24,25)21-11-7-6-8-14(21)2)12-16(13)17(22)20-19(3,4)18(23)26-5/h9-10,12,14H,6-8,11H2,1-5H3,(H,20,22). The van der Waals surface area contributed by atoms with Gasteiger partial charge in [-0.05, 0) is 58.2 Å². The van der Waals surface area contributed by atoms with Gasteiger partial charge in [0, 0.05) is 18.2 Å². The van der Waals surface area contributed by atoms with E-state index in [1.165, 1.54) is 37.4 Å². The first kappa shape index (κ1) is 21.4. The maximum atomic E-state index is 13.0. The van der Waals surface area contributed by atoms with Crippen molar-refractivity contribution in [1.29, 1.82) is 0 Å². The lowest BCUT2D eigenvalue weighted by atomic mass is 10.0. The number of rotatable bonds is 5. The van der Waals surface area contributed by atoms with E-state index in [-0.39, 0.29) is 16.5 Å². The Hall–Kier alpha value is -1.93. The third-order valence-electron chi connectivity index (χ3n) is 4.92. The molecule has 0 aromatic heterocycles. The van der Waals surface area contributed by atoms with Crippen LogP contribution in [0.15, 0.2) is 23.1 Å². The number of amides is 1. The minimum atomic E-state index is -3.69. The van der Waals surface area contributed by atoms with E-state index in [4.69, 9.17) is 4.74 Å². The van der Waals surface area contributed by atoms with Crippen LogP contribution in [0.3, 0.4) is 0 Å². The van der Waals surface area contributed by atoms with Gasteiger partial charge in [0.15, 0.2) is 0 Å². The van der Waals surface area contributed by atoms with Gasteiger partial charge < -0.3 is 10.1 Å². The molecule has 2 rings (SSSR count). The van der Waals surface area contributed by atoms with E-state index in [9.17, 15) is 18.0 Å². The predicted molar refractivity (Wildman–Crippen MR) is 102 cm³/mol. The largest absolute Gasteiger partial charge is 0.467 e. The molecule has 1 N–H and O–H groups in total. The van der Waals surface area contributed by atoms with Crippen molar-refractivity contribution in [3.63, 3.8) is 0 Å². The van der Waals surface area contributed by atoms with Crippen LogP contribution in [0, 0.1) is 6.92 Å². The highest BCUT2D eigenvalue weighted by Gasteiger charge is 2.33. The molecule has 1 atom stereocenters. The number of nitrogens with zero attached hydrogens (tertiary/aromatic N) is 1. The Bertz CT molecular complexity index is 833. The zero-order valence-corrected chi connectivity index (χ0v) is 17.4. The zero-order chi connectivity index (χ0) is 20.4. The molecule has 8 heteroatoms. The molecular formula is C19H28N2O5S. The topological polar surface area (TPSA) is 92.8 Å². The number of esters is 1. The summed E-state index contributed by atoms with van der Waals surface area (Å²) in [6.07, 6.45) is 2.67. The summed E-state index contributed by atoms with van der Waals surface area (Å²) in [5, 5.41) is 2.61. The monoisotopic (exact) mass is 396 g/mol. The Kier molecular flexibility index (Phi) is 6.32. The Morgan fingerprint density at radius 1 is 1.26 bits per heavy atom. The molecule has 1 aromatic carbocycles. The number of carbonyl (C=O) groups excluding carboxylic acids is 2. The van der Waals surface area contributed by atoms with Gasteiger partial charge in [0.25, 0.3) is 5.91 Å². The predicted octanol–water partition coefficient (Wildman–Crippen LogP) is 2.24. The highest BCUT2D eigenvalue weighted by atomic mass is 32.2. The van der Waals surface area contributed by atoms with Crippen molar-refractivity contribution in [2.24, 2.45) is 0 Å². The van der Waals surface area contributed by atoms with Gasteiger partial charge in [0.2, 0.25) is 10.0 Å². The van der Waals surface area contributed by atoms with Gasteiger partial charge in [0.1, 0.15) is 5.54 Å². The van der Waals surface area contributed by atoms with Crippen LogP contribution in [0.1, 0.15) is 56.0 Å². The summed E-state index contributed by atoms with van der Waals surface area (Å²) in [5.74, 6) is -1.11. The van der Waals surface area contributed by atoms with Gasteiger partial charge in [-0.15, -0.1) is 0 Å². The van der Waals surface area contributed by atoms with Gasteiger partial charge in [-0.2, -0.15) is 4.31 Å². The first-order chi connectivity index (χ1) is 12.5. The number of benzene rings is 1. The van der Waals surface area contributed by atoms with Gasteiger partial charge in [-0.25, -0.2) is 13.2 Å². The van der Waals surface area contributed by atoms with E-state index in [2.05, 4.69) is 5.32 Å². The molecule has 0 saturated carbocycles. The molecule has 0 radical (unpaired) electrons. The normalized spacial score (nSPS) is 18.8. The molecule has 1 aromatic rings. The fraction of sp³-hybridized carbons (Fsp3) is 0.579. The van der Waals surface area contributed by atoms with E-state index < -0.39 is 27.4 Å². The molecule has 27 heavy (non-hydrogen) atoms. The molecule has 1 unspecified atom stereocenters. The number of sulfonamides is 1. The van der Waals surface area contributed by atoms with Crippen LogP contribution in [0.25, 0.3) is 0 Å². The Morgan fingerprint density at radius 2 is 1.93 bits per heavy atom. The second-order valence-corrected chi connectivity index (χ2v) is 9.40. The van der Waals surface area contributed by atoms with Crippen molar-refractivity contribution < 1.29 is 22.7 Å². The molecule has 0 bridgehead atoms. The van der Waals surface area contributed by atoms with Crippen LogP contribution in [0.4, 0.5) is 0 Å². The van der Waals surface area contributed by atoms with E-state index in [0.29, 0.717) is 12.1 Å². The molecule has 7 nitrogen and oxygen atoms in total.